The molecule has 0 atom stereocenters. The molecule has 5 heteroatoms. The van der Waals surface area contributed by atoms with Gasteiger partial charge in [-0.25, -0.2) is 0 Å². The van der Waals surface area contributed by atoms with Crippen LogP contribution in [0.4, 0.5) is 0 Å². The van der Waals surface area contributed by atoms with Gasteiger partial charge in [-0.3, -0.25) is 4.79 Å². The molecule has 0 heterocycles. The average molecular weight is 267 g/mol. The van der Waals surface area contributed by atoms with Crippen LogP contribution in [0.1, 0.15) is 29.6 Å². The average Bonchev–Trinajstić information content (AvgIpc) is 2.42. The number of aliphatic hydroxyl groups excluding tert-OH is 1. The summed E-state index contributed by atoms with van der Waals surface area (Å²) in [5, 5.41) is 18.5. The third-order valence-electron chi connectivity index (χ3n) is 2.93. The van der Waals surface area contributed by atoms with Crippen molar-refractivity contribution in [3.8, 4) is 11.5 Å². The standard InChI is InChI=1S/C14H21NO4/c1-15(8-4-3-5-9-16)14(18)12-7-6-11(19-2)10-13(12)17/h6-7,10,16-17H,3-5,8-9H2,1-2H3. The quantitative estimate of drug-likeness (QED) is 0.737. The molecule has 1 amide bonds. The number of phenols is 1. The molecule has 0 aliphatic heterocycles. The van der Waals surface area contributed by atoms with E-state index in [1.807, 2.05) is 0 Å². The Morgan fingerprint density at radius 3 is 2.63 bits per heavy atom. The molecule has 0 radical (unpaired) electrons. The number of ether oxygens (including phenoxy) is 1. The normalized spacial score (nSPS) is 10.3. The van der Waals surface area contributed by atoms with Crippen molar-refractivity contribution in [1.29, 1.82) is 0 Å². The molecular weight excluding hydrogens is 246 g/mol. The lowest BCUT2D eigenvalue weighted by atomic mass is 10.1. The van der Waals surface area contributed by atoms with Gasteiger partial charge in [-0.15, -0.1) is 0 Å². The van der Waals surface area contributed by atoms with E-state index in [-0.39, 0.29) is 23.8 Å². The number of hydrogen-bond donors (Lipinski definition) is 2. The van der Waals surface area contributed by atoms with Crippen molar-refractivity contribution in [3.63, 3.8) is 0 Å². The summed E-state index contributed by atoms with van der Waals surface area (Å²) in [5.41, 5.74) is 0.269. The minimum atomic E-state index is -0.218. The van der Waals surface area contributed by atoms with Crippen LogP contribution in [-0.2, 0) is 0 Å². The van der Waals surface area contributed by atoms with Gasteiger partial charge in [0.05, 0.1) is 12.7 Å². The lowest BCUT2D eigenvalue weighted by Gasteiger charge is -2.18. The fraction of sp³-hybridized carbons (Fsp3) is 0.500. The summed E-state index contributed by atoms with van der Waals surface area (Å²) < 4.78 is 4.97. The third kappa shape index (κ3) is 4.44. The molecule has 0 aliphatic rings. The minimum Gasteiger partial charge on any atom is -0.507 e. The molecule has 1 aromatic rings. The van der Waals surface area contributed by atoms with Crippen molar-refractivity contribution < 1.29 is 19.7 Å². The highest BCUT2D eigenvalue weighted by Crippen LogP contribution is 2.24. The van der Waals surface area contributed by atoms with Gasteiger partial charge in [0.15, 0.2) is 0 Å². The highest BCUT2D eigenvalue weighted by Gasteiger charge is 2.15. The SMILES string of the molecule is COc1ccc(C(=O)N(C)CCCCCO)c(O)c1. The third-order valence-corrected chi connectivity index (χ3v) is 2.93. The zero-order chi connectivity index (χ0) is 14.3. The monoisotopic (exact) mass is 267 g/mol. The maximum atomic E-state index is 12.1. The second kappa shape index (κ2) is 7.63. The Labute approximate surface area is 113 Å². The molecule has 0 fully saturated rings. The van der Waals surface area contributed by atoms with Crippen molar-refractivity contribution in [2.24, 2.45) is 0 Å². The molecular formula is C14H21NO4. The highest BCUT2D eigenvalue weighted by molar-refractivity contribution is 5.96. The molecule has 0 saturated heterocycles. The number of carbonyl (C=O) groups excluding carboxylic acids is 1. The van der Waals surface area contributed by atoms with Gasteiger partial charge in [0.2, 0.25) is 0 Å². The fourth-order valence-electron chi connectivity index (χ4n) is 1.76. The van der Waals surface area contributed by atoms with Crippen LogP contribution in [0.5, 0.6) is 11.5 Å². The van der Waals surface area contributed by atoms with Gasteiger partial charge in [0.1, 0.15) is 11.5 Å². The van der Waals surface area contributed by atoms with Crippen LogP contribution >= 0.6 is 0 Å². The van der Waals surface area contributed by atoms with Crippen LogP contribution in [0, 0.1) is 0 Å². The molecule has 0 spiro atoms. The fourth-order valence-corrected chi connectivity index (χ4v) is 1.76. The van der Waals surface area contributed by atoms with Crippen molar-refractivity contribution in [2.45, 2.75) is 19.3 Å². The van der Waals surface area contributed by atoms with E-state index in [4.69, 9.17) is 9.84 Å². The zero-order valence-corrected chi connectivity index (χ0v) is 11.4. The number of benzene rings is 1. The molecule has 106 valence electrons. The van der Waals surface area contributed by atoms with Crippen LogP contribution in [0.3, 0.4) is 0 Å². The Morgan fingerprint density at radius 1 is 1.32 bits per heavy atom. The molecule has 0 saturated carbocycles. The van der Waals surface area contributed by atoms with E-state index in [0.29, 0.717) is 12.3 Å². The largest absolute Gasteiger partial charge is 0.507 e. The summed E-state index contributed by atoms with van der Waals surface area (Å²) >= 11 is 0. The summed E-state index contributed by atoms with van der Waals surface area (Å²) in [6.45, 7) is 0.779. The number of nitrogens with zero attached hydrogens (tertiary/aromatic N) is 1. The summed E-state index contributed by atoms with van der Waals surface area (Å²) in [5.74, 6) is 0.218. The number of methoxy groups -OCH3 is 1. The van der Waals surface area contributed by atoms with E-state index < -0.39 is 0 Å². The molecule has 2 N–H and O–H groups in total. The van der Waals surface area contributed by atoms with Crippen molar-refractivity contribution in [1.82, 2.24) is 4.90 Å². The van der Waals surface area contributed by atoms with Crippen LogP contribution in [0.2, 0.25) is 0 Å². The zero-order valence-electron chi connectivity index (χ0n) is 11.4. The van der Waals surface area contributed by atoms with Gasteiger partial charge in [-0.1, -0.05) is 0 Å². The molecule has 0 aromatic heterocycles. The van der Waals surface area contributed by atoms with E-state index in [9.17, 15) is 9.90 Å². The summed E-state index contributed by atoms with van der Waals surface area (Å²) in [7, 11) is 3.20. The van der Waals surface area contributed by atoms with Crippen molar-refractivity contribution in [3.05, 3.63) is 23.8 Å². The van der Waals surface area contributed by atoms with E-state index in [0.717, 1.165) is 19.3 Å². The number of phenolic OH excluding ortho intramolecular Hbond substituents is 1. The first-order valence-corrected chi connectivity index (χ1v) is 6.33. The van der Waals surface area contributed by atoms with Crippen LogP contribution < -0.4 is 4.74 Å². The first kappa shape index (κ1) is 15.3. The van der Waals surface area contributed by atoms with Crippen LogP contribution in [0.25, 0.3) is 0 Å². The van der Waals surface area contributed by atoms with Gasteiger partial charge in [0, 0.05) is 26.3 Å². The topological polar surface area (TPSA) is 70.0 Å². The minimum absolute atomic E-state index is 0.0773. The maximum Gasteiger partial charge on any atom is 0.257 e. The van der Waals surface area contributed by atoms with Gasteiger partial charge in [0.25, 0.3) is 5.91 Å². The number of aromatic hydroxyl groups is 1. The Kier molecular flexibility index (Phi) is 6.15. The number of hydrogen-bond acceptors (Lipinski definition) is 4. The summed E-state index contributed by atoms with van der Waals surface area (Å²) in [6.07, 6.45) is 2.46. The number of rotatable bonds is 7. The molecule has 1 aromatic carbocycles. The van der Waals surface area contributed by atoms with Crippen molar-refractivity contribution >= 4 is 5.91 Å². The van der Waals surface area contributed by atoms with Gasteiger partial charge >= 0.3 is 0 Å². The van der Waals surface area contributed by atoms with E-state index in [2.05, 4.69) is 0 Å². The predicted molar refractivity (Wildman–Crippen MR) is 72.6 cm³/mol. The Bertz CT molecular complexity index is 420. The van der Waals surface area contributed by atoms with E-state index >= 15 is 0 Å². The first-order valence-electron chi connectivity index (χ1n) is 6.33. The Morgan fingerprint density at radius 2 is 2.05 bits per heavy atom. The van der Waals surface area contributed by atoms with E-state index in [1.54, 1.807) is 24.1 Å². The van der Waals surface area contributed by atoms with Crippen molar-refractivity contribution in [2.75, 3.05) is 27.3 Å². The lowest BCUT2D eigenvalue weighted by Crippen LogP contribution is -2.27. The number of amides is 1. The van der Waals surface area contributed by atoms with Gasteiger partial charge in [-0.2, -0.15) is 0 Å². The summed E-state index contributed by atoms with van der Waals surface area (Å²) in [6, 6.07) is 4.63. The summed E-state index contributed by atoms with van der Waals surface area (Å²) in [4.78, 5) is 13.7. The highest BCUT2D eigenvalue weighted by atomic mass is 16.5. The Hall–Kier alpha value is -1.75. The molecule has 0 aliphatic carbocycles. The maximum absolute atomic E-state index is 12.1. The molecule has 0 unspecified atom stereocenters. The predicted octanol–water partition coefficient (Wildman–Crippen LogP) is 1.64. The molecule has 19 heavy (non-hydrogen) atoms. The smallest absolute Gasteiger partial charge is 0.257 e. The number of carbonyl (C=O) groups is 1. The second-order valence-electron chi connectivity index (χ2n) is 4.39. The number of unbranched alkanes of at least 4 members (excludes halogenated alkanes) is 2. The Balaban J connectivity index is 2.61. The number of aliphatic hydroxyl groups is 1. The molecule has 5 nitrogen and oxygen atoms in total. The van der Waals surface area contributed by atoms with E-state index in [1.165, 1.54) is 13.2 Å². The van der Waals surface area contributed by atoms with Crippen LogP contribution in [0.15, 0.2) is 18.2 Å². The van der Waals surface area contributed by atoms with Gasteiger partial charge < -0.3 is 19.8 Å². The second-order valence-corrected chi connectivity index (χ2v) is 4.39. The van der Waals surface area contributed by atoms with Gasteiger partial charge in [-0.05, 0) is 31.4 Å². The lowest BCUT2D eigenvalue weighted by molar-refractivity contribution is 0.0789. The van der Waals surface area contributed by atoms with Crippen LogP contribution in [-0.4, -0.2) is 48.3 Å². The molecule has 1 rings (SSSR count). The molecule has 0 bridgehead atoms. The first-order chi connectivity index (χ1) is 9.10.